The minimum absolute atomic E-state index is 0.0416. The molecule has 0 unspecified atom stereocenters. The van der Waals surface area contributed by atoms with Gasteiger partial charge in [-0.3, -0.25) is 14.5 Å². The fourth-order valence-electron chi connectivity index (χ4n) is 4.06. The summed E-state index contributed by atoms with van der Waals surface area (Å²) in [4.78, 5) is 29.3. The van der Waals surface area contributed by atoms with Gasteiger partial charge in [-0.15, -0.1) is 0 Å². The number of amides is 2. The maximum atomic E-state index is 13.1. The minimum Gasteiger partial charge on any atom is -0.450 e. The number of nitrogens with one attached hydrogen (secondary N) is 1. The van der Waals surface area contributed by atoms with Crippen molar-refractivity contribution in [3.8, 4) is 0 Å². The molecule has 30 heavy (non-hydrogen) atoms. The van der Waals surface area contributed by atoms with Gasteiger partial charge in [0.05, 0.1) is 6.54 Å². The summed E-state index contributed by atoms with van der Waals surface area (Å²) in [6, 6.07) is 13.5. The van der Waals surface area contributed by atoms with Crippen molar-refractivity contribution in [1.82, 2.24) is 9.80 Å². The monoisotopic (exact) mass is 405 g/mol. The van der Waals surface area contributed by atoms with Gasteiger partial charge in [0.2, 0.25) is 5.91 Å². The molecule has 6 nitrogen and oxygen atoms in total. The molecule has 2 aromatic carbocycles. The molecule has 1 saturated heterocycles. The summed E-state index contributed by atoms with van der Waals surface area (Å²) in [5.74, 6) is 0.314. The first kappa shape index (κ1) is 20.2. The molecular weight excluding hydrogens is 378 g/mol. The second kappa shape index (κ2) is 8.32. The highest BCUT2D eigenvalue weighted by molar-refractivity contribution is 6.00. The number of fused-ring (bicyclic) bond motifs is 1. The first-order valence-corrected chi connectivity index (χ1v) is 10.3. The number of anilines is 1. The summed E-state index contributed by atoms with van der Waals surface area (Å²) in [5, 5.41) is 3.94. The van der Waals surface area contributed by atoms with E-state index in [4.69, 9.17) is 4.42 Å². The van der Waals surface area contributed by atoms with Gasteiger partial charge in [-0.1, -0.05) is 30.3 Å². The van der Waals surface area contributed by atoms with Gasteiger partial charge in [0.15, 0.2) is 5.76 Å². The highest BCUT2D eigenvalue weighted by Gasteiger charge is 2.28. The lowest BCUT2D eigenvalue weighted by molar-refractivity contribution is -0.117. The van der Waals surface area contributed by atoms with Gasteiger partial charge in [-0.25, -0.2) is 0 Å². The van der Waals surface area contributed by atoms with Crippen LogP contribution in [0.4, 0.5) is 5.69 Å². The van der Waals surface area contributed by atoms with Crippen LogP contribution in [0.25, 0.3) is 11.0 Å². The van der Waals surface area contributed by atoms with Crippen molar-refractivity contribution in [3.63, 3.8) is 0 Å². The van der Waals surface area contributed by atoms with Crippen molar-refractivity contribution >= 4 is 28.5 Å². The van der Waals surface area contributed by atoms with Crippen molar-refractivity contribution in [1.29, 1.82) is 0 Å². The number of piperazine rings is 1. The third-order valence-electron chi connectivity index (χ3n) is 5.76. The molecule has 4 rings (SSSR count). The van der Waals surface area contributed by atoms with Gasteiger partial charge in [0, 0.05) is 42.8 Å². The standard InChI is InChI=1S/C24H27N3O3/c1-16-9-10-17(2)22-21(16)18(3)23(30-22)24(29)27-13-11-26(12-14-27)15-20(28)25-19-7-5-4-6-8-19/h4-10H,11-15H2,1-3H3,(H,25,28). The number of hydrogen-bond acceptors (Lipinski definition) is 4. The number of nitrogens with zero attached hydrogens (tertiary/aromatic N) is 2. The molecule has 0 saturated carbocycles. The molecule has 2 heterocycles. The SMILES string of the molecule is Cc1ccc(C)c2c(C)c(C(=O)N3CCN(CC(=O)Nc4ccccc4)CC3)oc12. The number of benzene rings is 2. The van der Waals surface area contributed by atoms with Gasteiger partial charge in [0.1, 0.15) is 5.58 Å². The van der Waals surface area contributed by atoms with Crippen LogP contribution in [0.5, 0.6) is 0 Å². The normalized spacial score (nSPS) is 14.8. The second-order valence-corrected chi connectivity index (χ2v) is 7.94. The highest BCUT2D eigenvalue weighted by Crippen LogP contribution is 2.31. The molecule has 0 radical (unpaired) electrons. The van der Waals surface area contributed by atoms with Crippen molar-refractivity contribution in [2.45, 2.75) is 20.8 Å². The van der Waals surface area contributed by atoms with Gasteiger partial charge in [-0.2, -0.15) is 0 Å². The summed E-state index contributed by atoms with van der Waals surface area (Å²) in [7, 11) is 0. The Morgan fingerprint density at radius 3 is 2.27 bits per heavy atom. The van der Waals surface area contributed by atoms with E-state index in [2.05, 4.69) is 16.3 Å². The summed E-state index contributed by atoms with van der Waals surface area (Å²) < 4.78 is 6.01. The van der Waals surface area contributed by atoms with E-state index in [-0.39, 0.29) is 11.8 Å². The molecule has 0 spiro atoms. The van der Waals surface area contributed by atoms with Gasteiger partial charge >= 0.3 is 0 Å². The quantitative estimate of drug-likeness (QED) is 0.718. The molecule has 2 amide bonds. The highest BCUT2D eigenvalue weighted by atomic mass is 16.3. The smallest absolute Gasteiger partial charge is 0.289 e. The van der Waals surface area contributed by atoms with Crippen LogP contribution in [-0.4, -0.2) is 54.3 Å². The number of hydrogen-bond donors (Lipinski definition) is 1. The van der Waals surface area contributed by atoms with E-state index in [0.29, 0.717) is 38.5 Å². The number of rotatable bonds is 4. The van der Waals surface area contributed by atoms with Gasteiger partial charge in [0.25, 0.3) is 5.91 Å². The molecule has 6 heteroatoms. The van der Waals surface area contributed by atoms with E-state index >= 15 is 0 Å². The van der Waals surface area contributed by atoms with Crippen LogP contribution in [-0.2, 0) is 4.79 Å². The van der Waals surface area contributed by atoms with Gasteiger partial charge in [-0.05, 0) is 44.0 Å². The van der Waals surface area contributed by atoms with E-state index in [0.717, 1.165) is 33.3 Å². The summed E-state index contributed by atoms with van der Waals surface area (Å²) in [6.07, 6.45) is 0. The number of furan rings is 1. The number of para-hydroxylation sites is 1. The molecular formula is C24H27N3O3. The van der Waals surface area contributed by atoms with E-state index in [9.17, 15) is 9.59 Å². The van der Waals surface area contributed by atoms with Crippen LogP contribution in [0.15, 0.2) is 46.9 Å². The van der Waals surface area contributed by atoms with E-state index in [1.165, 1.54) is 0 Å². The van der Waals surface area contributed by atoms with Crippen LogP contribution in [0.1, 0.15) is 27.2 Å². The molecule has 1 aromatic heterocycles. The fourth-order valence-corrected chi connectivity index (χ4v) is 4.06. The van der Waals surface area contributed by atoms with Crippen LogP contribution < -0.4 is 5.32 Å². The second-order valence-electron chi connectivity index (χ2n) is 7.94. The topological polar surface area (TPSA) is 65.8 Å². The van der Waals surface area contributed by atoms with E-state index in [1.807, 2.05) is 62.1 Å². The van der Waals surface area contributed by atoms with Crippen LogP contribution in [0.3, 0.4) is 0 Å². The molecule has 3 aromatic rings. The Bertz CT molecular complexity index is 1080. The molecule has 0 bridgehead atoms. The lowest BCUT2D eigenvalue weighted by Gasteiger charge is -2.33. The average molecular weight is 405 g/mol. The molecule has 1 aliphatic rings. The number of aryl methyl sites for hydroxylation is 3. The molecule has 156 valence electrons. The summed E-state index contributed by atoms with van der Waals surface area (Å²) in [5.41, 5.74) is 4.65. The van der Waals surface area contributed by atoms with Crippen LogP contribution in [0, 0.1) is 20.8 Å². The molecule has 0 atom stereocenters. The largest absolute Gasteiger partial charge is 0.450 e. The fraction of sp³-hybridized carbons (Fsp3) is 0.333. The Balaban J connectivity index is 1.38. The summed E-state index contributed by atoms with van der Waals surface area (Å²) in [6.45, 7) is 8.78. The Morgan fingerprint density at radius 2 is 1.60 bits per heavy atom. The zero-order valence-corrected chi connectivity index (χ0v) is 17.7. The third-order valence-corrected chi connectivity index (χ3v) is 5.76. The first-order valence-electron chi connectivity index (χ1n) is 10.3. The third kappa shape index (κ3) is 3.96. The minimum atomic E-state index is -0.0733. The summed E-state index contributed by atoms with van der Waals surface area (Å²) >= 11 is 0. The molecule has 1 N–H and O–H groups in total. The van der Waals surface area contributed by atoms with Crippen molar-refractivity contribution in [2.75, 3.05) is 38.0 Å². The van der Waals surface area contributed by atoms with E-state index < -0.39 is 0 Å². The van der Waals surface area contributed by atoms with Crippen molar-refractivity contribution in [3.05, 3.63) is 64.9 Å². The van der Waals surface area contributed by atoms with Crippen LogP contribution >= 0.6 is 0 Å². The van der Waals surface area contributed by atoms with Crippen molar-refractivity contribution in [2.24, 2.45) is 0 Å². The Morgan fingerprint density at radius 1 is 0.933 bits per heavy atom. The maximum Gasteiger partial charge on any atom is 0.289 e. The Kier molecular flexibility index (Phi) is 5.59. The predicted molar refractivity (Wildman–Crippen MR) is 118 cm³/mol. The number of carbonyl (C=O) groups is 2. The Hall–Kier alpha value is -3.12. The molecule has 1 fully saturated rings. The first-order chi connectivity index (χ1) is 14.4. The predicted octanol–water partition coefficient (Wildman–Crippen LogP) is 3.75. The zero-order chi connectivity index (χ0) is 21.3. The van der Waals surface area contributed by atoms with E-state index in [1.54, 1.807) is 0 Å². The molecule has 1 aliphatic heterocycles. The lowest BCUT2D eigenvalue weighted by atomic mass is 10.0. The van der Waals surface area contributed by atoms with Gasteiger partial charge < -0.3 is 14.6 Å². The van der Waals surface area contributed by atoms with Crippen LogP contribution in [0.2, 0.25) is 0 Å². The molecule has 0 aliphatic carbocycles. The van der Waals surface area contributed by atoms with Crippen molar-refractivity contribution < 1.29 is 14.0 Å². The Labute approximate surface area is 176 Å². The lowest BCUT2D eigenvalue weighted by Crippen LogP contribution is -2.50. The number of carbonyl (C=O) groups excluding carboxylic acids is 2. The average Bonchev–Trinajstić information content (AvgIpc) is 3.10. The zero-order valence-electron chi connectivity index (χ0n) is 17.7. The maximum absolute atomic E-state index is 13.1.